The molecular formula is C15H19N3O2S. The van der Waals surface area contributed by atoms with E-state index in [0.717, 1.165) is 11.9 Å². The highest BCUT2D eigenvalue weighted by Crippen LogP contribution is 2.26. The van der Waals surface area contributed by atoms with Gasteiger partial charge in [-0.1, -0.05) is 32.0 Å². The van der Waals surface area contributed by atoms with Crippen molar-refractivity contribution in [3.63, 3.8) is 0 Å². The normalized spacial score (nSPS) is 11.4. The zero-order valence-electron chi connectivity index (χ0n) is 12.3. The molecular weight excluding hydrogens is 286 g/mol. The largest absolute Gasteiger partial charge is 0.340 e. The van der Waals surface area contributed by atoms with E-state index in [2.05, 4.69) is 34.9 Å². The second-order valence-electron chi connectivity index (χ2n) is 5.17. The van der Waals surface area contributed by atoms with Crippen molar-refractivity contribution in [1.82, 2.24) is 4.98 Å². The van der Waals surface area contributed by atoms with Gasteiger partial charge in [-0.15, -0.1) is 0 Å². The molecule has 0 unspecified atom stereocenters. The van der Waals surface area contributed by atoms with E-state index in [0.29, 0.717) is 17.4 Å². The van der Waals surface area contributed by atoms with Crippen molar-refractivity contribution < 1.29 is 8.42 Å². The van der Waals surface area contributed by atoms with Gasteiger partial charge >= 0.3 is 0 Å². The monoisotopic (exact) mass is 305 g/mol. The molecule has 6 heteroatoms. The van der Waals surface area contributed by atoms with E-state index in [1.54, 1.807) is 12.1 Å². The molecule has 112 valence electrons. The second kappa shape index (κ2) is 6.13. The Morgan fingerprint density at radius 1 is 1.10 bits per heavy atom. The van der Waals surface area contributed by atoms with Crippen LogP contribution in [0.3, 0.4) is 0 Å². The number of nitrogens with one attached hydrogen (secondary N) is 2. The summed E-state index contributed by atoms with van der Waals surface area (Å²) < 4.78 is 24.7. The lowest BCUT2D eigenvalue weighted by atomic mass is 10.0. The van der Waals surface area contributed by atoms with Crippen molar-refractivity contribution in [2.75, 3.05) is 16.3 Å². The van der Waals surface area contributed by atoms with Crippen LogP contribution in [0, 0.1) is 0 Å². The van der Waals surface area contributed by atoms with Crippen LogP contribution in [0.15, 0.2) is 42.6 Å². The van der Waals surface area contributed by atoms with Crippen molar-refractivity contribution in [2.24, 2.45) is 0 Å². The molecule has 0 aliphatic rings. The summed E-state index contributed by atoms with van der Waals surface area (Å²) in [6, 6.07) is 11.5. The molecule has 0 bridgehead atoms. The maximum atomic E-state index is 11.1. The first-order valence-electron chi connectivity index (χ1n) is 6.65. The molecule has 0 amide bonds. The third kappa shape index (κ3) is 4.46. The summed E-state index contributed by atoms with van der Waals surface area (Å²) in [6.07, 6.45) is 2.60. The summed E-state index contributed by atoms with van der Waals surface area (Å²) in [5.74, 6) is 1.07. The van der Waals surface area contributed by atoms with Crippen LogP contribution in [0.1, 0.15) is 25.3 Å². The fraction of sp³-hybridized carbons (Fsp3) is 0.267. The molecule has 2 aromatic rings. The Morgan fingerprint density at radius 2 is 1.81 bits per heavy atom. The maximum absolute atomic E-state index is 11.1. The predicted molar refractivity (Wildman–Crippen MR) is 86.5 cm³/mol. The first-order chi connectivity index (χ1) is 9.85. The molecule has 0 aliphatic heterocycles. The molecule has 0 aliphatic carbocycles. The minimum absolute atomic E-state index is 0.403. The number of hydrogen-bond donors (Lipinski definition) is 2. The molecule has 21 heavy (non-hydrogen) atoms. The number of sulfonamides is 1. The van der Waals surface area contributed by atoms with E-state index in [4.69, 9.17) is 0 Å². The number of para-hydroxylation sites is 1. The Kier molecular flexibility index (Phi) is 4.47. The Labute approximate surface area is 125 Å². The number of pyridine rings is 1. The number of aromatic nitrogens is 1. The smallest absolute Gasteiger partial charge is 0.229 e. The second-order valence-corrected chi connectivity index (χ2v) is 6.92. The van der Waals surface area contributed by atoms with Crippen molar-refractivity contribution in [2.45, 2.75) is 19.8 Å². The minimum Gasteiger partial charge on any atom is -0.340 e. The first-order valence-corrected chi connectivity index (χ1v) is 8.54. The minimum atomic E-state index is -3.28. The molecule has 0 saturated carbocycles. The average molecular weight is 305 g/mol. The Balaban J connectivity index is 2.18. The van der Waals surface area contributed by atoms with Crippen LogP contribution in [0.2, 0.25) is 0 Å². The van der Waals surface area contributed by atoms with Gasteiger partial charge in [0, 0.05) is 5.69 Å². The maximum Gasteiger partial charge on any atom is 0.229 e. The van der Waals surface area contributed by atoms with Crippen LogP contribution >= 0.6 is 0 Å². The molecule has 0 spiro atoms. The SMILES string of the molecule is CC(C)c1ccccc1Nc1ccc(NS(C)(=O)=O)cn1. The lowest BCUT2D eigenvalue weighted by Gasteiger charge is -2.14. The number of benzene rings is 1. The van der Waals surface area contributed by atoms with Gasteiger partial charge in [-0.3, -0.25) is 4.72 Å². The van der Waals surface area contributed by atoms with Gasteiger partial charge in [-0.05, 0) is 29.7 Å². The molecule has 2 rings (SSSR count). The molecule has 0 atom stereocenters. The van der Waals surface area contributed by atoms with Gasteiger partial charge in [0.15, 0.2) is 0 Å². The number of nitrogens with zero attached hydrogens (tertiary/aromatic N) is 1. The molecule has 2 N–H and O–H groups in total. The highest BCUT2D eigenvalue weighted by atomic mass is 32.2. The molecule has 5 nitrogen and oxygen atoms in total. The molecule has 1 aromatic carbocycles. The van der Waals surface area contributed by atoms with Crippen molar-refractivity contribution in [1.29, 1.82) is 0 Å². The van der Waals surface area contributed by atoms with Crippen molar-refractivity contribution >= 4 is 27.2 Å². The molecule has 1 aromatic heterocycles. The van der Waals surface area contributed by atoms with Crippen LogP contribution in [-0.2, 0) is 10.0 Å². The Hall–Kier alpha value is -2.08. The number of rotatable bonds is 5. The van der Waals surface area contributed by atoms with Gasteiger partial charge in [0.1, 0.15) is 5.82 Å². The van der Waals surface area contributed by atoms with E-state index in [1.807, 2.05) is 18.2 Å². The zero-order valence-corrected chi connectivity index (χ0v) is 13.1. The summed E-state index contributed by atoms with van der Waals surface area (Å²) in [5.41, 5.74) is 2.65. The Bertz CT molecular complexity index is 710. The highest BCUT2D eigenvalue weighted by molar-refractivity contribution is 7.92. The van der Waals surface area contributed by atoms with Gasteiger partial charge in [-0.2, -0.15) is 0 Å². The summed E-state index contributed by atoms with van der Waals surface area (Å²) in [6.45, 7) is 4.26. The van der Waals surface area contributed by atoms with E-state index >= 15 is 0 Å². The quantitative estimate of drug-likeness (QED) is 0.889. The average Bonchev–Trinajstić information content (AvgIpc) is 2.40. The summed E-state index contributed by atoms with van der Waals surface area (Å²) in [7, 11) is -3.28. The van der Waals surface area contributed by atoms with E-state index in [9.17, 15) is 8.42 Å². The van der Waals surface area contributed by atoms with Crippen molar-refractivity contribution in [3.05, 3.63) is 48.2 Å². The van der Waals surface area contributed by atoms with E-state index < -0.39 is 10.0 Å². The first kappa shape index (κ1) is 15.3. The van der Waals surface area contributed by atoms with Gasteiger partial charge in [0.25, 0.3) is 0 Å². The molecule has 0 fully saturated rings. The standard InChI is InChI=1S/C15H19N3O2S/c1-11(2)13-6-4-5-7-14(13)17-15-9-8-12(10-16-15)18-21(3,19)20/h4-11,18H,1-3H3,(H,16,17). The fourth-order valence-electron chi connectivity index (χ4n) is 1.99. The van der Waals surface area contributed by atoms with Crippen LogP contribution in [-0.4, -0.2) is 19.7 Å². The fourth-order valence-corrected chi connectivity index (χ4v) is 2.54. The third-order valence-electron chi connectivity index (χ3n) is 2.91. The summed E-state index contributed by atoms with van der Waals surface area (Å²) in [4.78, 5) is 4.22. The zero-order chi connectivity index (χ0) is 15.5. The van der Waals surface area contributed by atoms with Crippen molar-refractivity contribution in [3.8, 4) is 0 Å². The highest BCUT2D eigenvalue weighted by Gasteiger charge is 2.07. The van der Waals surface area contributed by atoms with Gasteiger partial charge in [-0.25, -0.2) is 13.4 Å². The summed E-state index contributed by atoms with van der Waals surface area (Å²) >= 11 is 0. The van der Waals surface area contributed by atoms with E-state index in [-0.39, 0.29) is 0 Å². The van der Waals surface area contributed by atoms with Crippen LogP contribution in [0.5, 0.6) is 0 Å². The predicted octanol–water partition coefficient (Wildman–Crippen LogP) is 3.32. The Morgan fingerprint density at radius 3 is 2.38 bits per heavy atom. The van der Waals surface area contributed by atoms with Crippen LogP contribution in [0.25, 0.3) is 0 Å². The van der Waals surface area contributed by atoms with Crippen LogP contribution in [0.4, 0.5) is 17.2 Å². The van der Waals surface area contributed by atoms with Gasteiger partial charge in [0.2, 0.25) is 10.0 Å². The van der Waals surface area contributed by atoms with Gasteiger partial charge in [0.05, 0.1) is 18.1 Å². The van der Waals surface area contributed by atoms with Crippen LogP contribution < -0.4 is 10.0 Å². The molecule has 0 saturated heterocycles. The lowest BCUT2D eigenvalue weighted by Crippen LogP contribution is -2.09. The molecule has 0 radical (unpaired) electrons. The number of hydrogen-bond acceptors (Lipinski definition) is 4. The topological polar surface area (TPSA) is 71.1 Å². The number of anilines is 3. The lowest BCUT2D eigenvalue weighted by molar-refractivity contribution is 0.607. The summed E-state index contributed by atoms with van der Waals surface area (Å²) in [5, 5.41) is 3.26. The third-order valence-corrected chi connectivity index (χ3v) is 3.52. The van der Waals surface area contributed by atoms with Gasteiger partial charge < -0.3 is 5.32 Å². The molecule has 1 heterocycles. The van der Waals surface area contributed by atoms with E-state index in [1.165, 1.54) is 11.8 Å².